The molecule has 7 heteroatoms. The van der Waals surface area contributed by atoms with Crippen LogP contribution in [0.4, 0.5) is 4.79 Å². The highest BCUT2D eigenvalue weighted by Gasteiger charge is 2.44. The Hall–Kier alpha value is -1.08. The summed E-state index contributed by atoms with van der Waals surface area (Å²) in [5.74, 6) is 0.387. The number of nitrogens with zero attached hydrogens (tertiary/aromatic N) is 1. The van der Waals surface area contributed by atoms with Crippen molar-refractivity contribution >= 4 is 20.3 Å². The van der Waals surface area contributed by atoms with E-state index in [9.17, 15) is 9.59 Å². The quantitative estimate of drug-likeness (QED) is 0.657. The minimum absolute atomic E-state index is 0.0488. The van der Waals surface area contributed by atoms with Gasteiger partial charge in [-0.05, 0) is 56.2 Å². The first-order valence-electron chi connectivity index (χ1n) is 10.4. The Labute approximate surface area is 165 Å². The number of carbonyl (C=O) groups excluding carboxylic acids is 1. The predicted molar refractivity (Wildman–Crippen MR) is 109 cm³/mol. The number of likely N-dealkylation sites (tertiary alicyclic amines) is 1. The molecule has 0 aromatic heterocycles. The number of carbonyl (C=O) groups is 2. The molecular weight excluding hydrogens is 360 g/mol. The van der Waals surface area contributed by atoms with Gasteiger partial charge in [-0.1, -0.05) is 34.1 Å². The lowest BCUT2D eigenvalue weighted by Gasteiger charge is -2.45. The summed E-state index contributed by atoms with van der Waals surface area (Å²) in [7, 11) is -1.80. The second-order valence-corrected chi connectivity index (χ2v) is 14.5. The number of nitrogens with one attached hydrogen (secondary N) is 1. The Balaban J connectivity index is 2.04. The molecule has 0 spiro atoms. The van der Waals surface area contributed by atoms with Gasteiger partial charge in [0.2, 0.25) is 5.91 Å². The van der Waals surface area contributed by atoms with E-state index in [1.165, 1.54) is 0 Å². The third-order valence-electron chi connectivity index (χ3n) is 6.76. The van der Waals surface area contributed by atoms with Gasteiger partial charge in [-0.25, -0.2) is 4.79 Å². The van der Waals surface area contributed by atoms with E-state index in [2.05, 4.69) is 46.1 Å². The molecule has 2 fully saturated rings. The van der Waals surface area contributed by atoms with Gasteiger partial charge in [-0.15, -0.1) is 0 Å². The van der Waals surface area contributed by atoms with Crippen LogP contribution in [0.15, 0.2) is 0 Å². The van der Waals surface area contributed by atoms with Gasteiger partial charge >= 0.3 is 6.09 Å². The second kappa shape index (κ2) is 8.51. The summed E-state index contributed by atoms with van der Waals surface area (Å²) in [5, 5.41) is 11.5. The predicted octanol–water partition coefficient (Wildman–Crippen LogP) is 4.21. The highest BCUT2D eigenvalue weighted by atomic mass is 28.4. The molecule has 156 valence electrons. The fourth-order valence-corrected chi connectivity index (χ4v) is 5.71. The average molecular weight is 399 g/mol. The lowest BCUT2D eigenvalue weighted by molar-refractivity contribution is -0.133. The average Bonchev–Trinajstić information content (AvgIpc) is 2.87. The monoisotopic (exact) mass is 398 g/mol. The summed E-state index contributed by atoms with van der Waals surface area (Å²) in [6.07, 6.45) is 4.86. The third-order valence-corrected chi connectivity index (χ3v) is 11.3. The first-order valence-corrected chi connectivity index (χ1v) is 13.3. The molecule has 1 aliphatic heterocycles. The zero-order chi connectivity index (χ0) is 20.4. The maximum absolute atomic E-state index is 12.7. The highest BCUT2D eigenvalue weighted by Crippen LogP contribution is 2.41. The molecule has 6 nitrogen and oxygen atoms in total. The number of hydrogen-bond donors (Lipinski definition) is 2. The van der Waals surface area contributed by atoms with Crippen molar-refractivity contribution in [3.63, 3.8) is 0 Å². The van der Waals surface area contributed by atoms with E-state index < -0.39 is 20.5 Å². The van der Waals surface area contributed by atoms with E-state index >= 15 is 0 Å². The number of hydrogen-bond acceptors (Lipinski definition) is 3. The van der Waals surface area contributed by atoms with E-state index in [0.29, 0.717) is 18.9 Å². The fraction of sp³-hybridized carbons (Fsp3) is 0.900. The van der Waals surface area contributed by atoms with Gasteiger partial charge in [0.05, 0.1) is 0 Å². The molecule has 0 aromatic carbocycles. The molecule has 27 heavy (non-hydrogen) atoms. The van der Waals surface area contributed by atoms with Crippen LogP contribution in [0, 0.1) is 5.92 Å². The van der Waals surface area contributed by atoms with Gasteiger partial charge in [-0.3, -0.25) is 4.79 Å². The van der Waals surface area contributed by atoms with E-state index in [0.717, 1.165) is 32.1 Å². The lowest BCUT2D eigenvalue weighted by Crippen LogP contribution is -2.51. The number of amides is 2. The summed E-state index contributed by atoms with van der Waals surface area (Å²) in [4.78, 5) is 25.6. The van der Waals surface area contributed by atoms with Crippen LogP contribution in [0.2, 0.25) is 18.1 Å². The van der Waals surface area contributed by atoms with Crippen molar-refractivity contribution < 1.29 is 19.1 Å². The molecule has 0 aromatic rings. The zero-order valence-corrected chi connectivity index (χ0v) is 18.9. The van der Waals surface area contributed by atoms with Crippen molar-refractivity contribution in [3.8, 4) is 0 Å². The minimum atomic E-state index is -1.80. The van der Waals surface area contributed by atoms with Crippen LogP contribution in [0.25, 0.3) is 0 Å². The maximum Gasteiger partial charge on any atom is 0.405 e. The highest BCUT2D eigenvalue weighted by molar-refractivity contribution is 6.74. The minimum Gasteiger partial charge on any atom is -0.465 e. The largest absolute Gasteiger partial charge is 0.465 e. The van der Waals surface area contributed by atoms with Crippen LogP contribution in [-0.2, 0) is 9.22 Å². The first-order chi connectivity index (χ1) is 12.5. The summed E-state index contributed by atoms with van der Waals surface area (Å²) in [6.45, 7) is 14.3. The van der Waals surface area contributed by atoms with E-state index in [-0.39, 0.29) is 23.1 Å². The van der Waals surface area contributed by atoms with Crippen LogP contribution >= 0.6 is 0 Å². The molecule has 0 radical (unpaired) electrons. The zero-order valence-electron chi connectivity index (χ0n) is 17.9. The molecule has 1 saturated heterocycles. The van der Waals surface area contributed by atoms with E-state index in [4.69, 9.17) is 9.53 Å². The van der Waals surface area contributed by atoms with Crippen LogP contribution in [-0.4, -0.2) is 55.1 Å². The van der Waals surface area contributed by atoms with Crippen LogP contribution in [0.5, 0.6) is 0 Å². The molecule has 2 rings (SSSR count). The SMILES string of the molecule is CCC[C@@H]1C[C@H](O[Si](C)(C)C(C)(C)C)CC[C@@H]1N1CC[C@H](NC(=O)O)C1=O. The molecule has 2 aliphatic rings. The summed E-state index contributed by atoms with van der Waals surface area (Å²) in [6, 6.07) is -0.358. The van der Waals surface area contributed by atoms with Gasteiger partial charge in [0.1, 0.15) is 6.04 Å². The van der Waals surface area contributed by atoms with Gasteiger partial charge in [0.25, 0.3) is 0 Å². The van der Waals surface area contributed by atoms with Crippen LogP contribution in [0.3, 0.4) is 0 Å². The van der Waals surface area contributed by atoms with Crippen molar-refractivity contribution in [2.45, 2.75) is 103 Å². The van der Waals surface area contributed by atoms with Gasteiger partial charge < -0.3 is 19.7 Å². The molecule has 0 bridgehead atoms. The Morgan fingerprint density at radius 2 is 1.96 bits per heavy atom. The molecule has 2 N–H and O–H groups in total. The molecule has 4 atom stereocenters. The normalized spacial score (nSPS) is 29.9. The topological polar surface area (TPSA) is 78.9 Å². The summed E-state index contributed by atoms with van der Waals surface area (Å²) in [5.41, 5.74) is 0. The molecule has 2 amide bonds. The lowest BCUT2D eigenvalue weighted by atomic mass is 9.79. The molecule has 0 unspecified atom stereocenters. The van der Waals surface area contributed by atoms with Crippen LogP contribution in [0.1, 0.15) is 66.2 Å². The molecule has 1 heterocycles. The van der Waals surface area contributed by atoms with Crippen molar-refractivity contribution in [1.82, 2.24) is 10.2 Å². The van der Waals surface area contributed by atoms with Crippen molar-refractivity contribution in [2.24, 2.45) is 5.92 Å². The first kappa shape index (κ1) is 22.2. The van der Waals surface area contributed by atoms with Gasteiger partial charge in [-0.2, -0.15) is 0 Å². The Morgan fingerprint density at radius 3 is 2.52 bits per heavy atom. The molecule has 1 saturated carbocycles. The standard InChI is InChI=1S/C20H38N2O4Si/c1-7-8-14-13-15(26-27(5,6)20(2,3)4)9-10-17(14)22-12-11-16(18(22)23)21-19(24)25/h14-17,21H,7-13H2,1-6H3,(H,24,25)/t14-,15-,16+,17+/m1/s1. The molecular formula is C20H38N2O4Si. The van der Waals surface area contributed by atoms with Crippen LogP contribution < -0.4 is 5.32 Å². The van der Waals surface area contributed by atoms with Crippen molar-refractivity contribution in [2.75, 3.05) is 6.54 Å². The fourth-order valence-electron chi connectivity index (χ4n) is 4.31. The Morgan fingerprint density at radius 1 is 1.30 bits per heavy atom. The van der Waals surface area contributed by atoms with Crippen molar-refractivity contribution in [1.29, 1.82) is 0 Å². The number of carboxylic acid groups (broad SMARTS) is 1. The van der Waals surface area contributed by atoms with E-state index in [1.807, 2.05) is 4.90 Å². The smallest absolute Gasteiger partial charge is 0.405 e. The van der Waals surface area contributed by atoms with Crippen molar-refractivity contribution in [3.05, 3.63) is 0 Å². The second-order valence-electron chi connectivity index (χ2n) is 9.75. The summed E-state index contributed by atoms with van der Waals surface area (Å²) >= 11 is 0. The summed E-state index contributed by atoms with van der Waals surface area (Å²) < 4.78 is 6.68. The Bertz CT molecular complexity index is 547. The third kappa shape index (κ3) is 5.25. The van der Waals surface area contributed by atoms with Gasteiger partial charge in [0.15, 0.2) is 8.32 Å². The molecule has 1 aliphatic carbocycles. The Kier molecular flexibility index (Phi) is 7.00. The number of rotatable bonds is 6. The van der Waals surface area contributed by atoms with Gasteiger partial charge in [0, 0.05) is 18.7 Å². The van der Waals surface area contributed by atoms with E-state index in [1.54, 1.807) is 0 Å². The maximum atomic E-state index is 12.7.